The molecule has 0 bridgehead atoms. The van der Waals surface area contributed by atoms with E-state index in [4.69, 9.17) is 0 Å². The number of nitro groups is 1. The average molecular weight is 373 g/mol. The number of non-ortho nitro benzene ring substituents is 1. The normalized spacial score (nSPS) is 13.2. The minimum atomic E-state index is -0.654. The summed E-state index contributed by atoms with van der Waals surface area (Å²) in [5, 5.41) is 23.0. The summed E-state index contributed by atoms with van der Waals surface area (Å²) in [5.41, 5.74) is -0.0357. The maximum atomic E-state index is 12.3. The van der Waals surface area contributed by atoms with Crippen molar-refractivity contribution in [1.29, 1.82) is 0 Å². The van der Waals surface area contributed by atoms with Gasteiger partial charge < -0.3 is 5.11 Å². The molecule has 6 nitrogen and oxygen atoms in total. The predicted molar refractivity (Wildman–Crippen MR) is 83.3 cm³/mol. The molecule has 0 atom stereocenters. The minimum absolute atomic E-state index is 0.00559. The van der Waals surface area contributed by atoms with Gasteiger partial charge in [-0.05, 0) is 11.6 Å². The molecular weight excluding hydrogens is 366 g/mol. The highest BCUT2D eigenvalue weighted by molar-refractivity contribution is 9.10. The van der Waals surface area contributed by atoms with Crippen molar-refractivity contribution in [3.05, 3.63) is 73.2 Å². The minimum Gasteiger partial charge on any atom is -0.871 e. The Labute approximate surface area is 138 Å². The fourth-order valence-electron chi connectivity index (χ4n) is 2.37. The van der Waals surface area contributed by atoms with Crippen LogP contribution in [-0.2, 0) is 0 Å². The third kappa shape index (κ3) is 2.44. The number of fused-ring (bicyclic) bond motifs is 1. The molecule has 7 heteroatoms. The lowest BCUT2D eigenvalue weighted by atomic mass is 10.1. The second-order valence-electron chi connectivity index (χ2n) is 4.86. The smallest absolute Gasteiger partial charge is 0.271 e. The molecule has 2 aromatic carbocycles. The van der Waals surface area contributed by atoms with Crippen molar-refractivity contribution >= 4 is 39.3 Å². The Kier molecular flexibility index (Phi) is 3.57. The summed E-state index contributed by atoms with van der Waals surface area (Å²) >= 11 is 2.96. The fraction of sp³-hybridized carbons (Fsp3) is 0. The summed E-state index contributed by atoms with van der Waals surface area (Å²) < 4.78 is -0.00559. The Morgan fingerprint density at radius 2 is 1.61 bits per heavy atom. The van der Waals surface area contributed by atoms with Crippen molar-refractivity contribution in [3.8, 4) is 5.75 Å². The number of rotatable bonds is 2. The van der Waals surface area contributed by atoms with Gasteiger partial charge in [-0.15, -0.1) is 0 Å². The van der Waals surface area contributed by atoms with Crippen molar-refractivity contribution < 1.29 is 19.6 Å². The van der Waals surface area contributed by atoms with E-state index < -0.39 is 22.2 Å². The van der Waals surface area contributed by atoms with E-state index in [9.17, 15) is 24.8 Å². The van der Waals surface area contributed by atoms with Crippen LogP contribution in [-0.4, -0.2) is 16.5 Å². The zero-order valence-corrected chi connectivity index (χ0v) is 13.0. The molecule has 0 aliphatic heterocycles. The number of nitrogens with zero attached hydrogens (tertiary/aromatic N) is 1. The fourth-order valence-corrected chi connectivity index (χ4v) is 2.83. The Balaban J connectivity index is 2.16. The lowest BCUT2D eigenvalue weighted by molar-refractivity contribution is -0.385. The van der Waals surface area contributed by atoms with Crippen LogP contribution < -0.4 is 5.11 Å². The molecule has 114 valence electrons. The largest absolute Gasteiger partial charge is 0.871 e. The van der Waals surface area contributed by atoms with E-state index in [1.165, 1.54) is 12.1 Å². The van der Waals surface area contributed by atoms with Gasteiger partial charge in [0.1, 0.15) is 0 Å². The van der Waals surface area contributed by atoms with Gasteiger partial charge in [0, 0.05) is 27.7 Å². The molecule has 23 heavy (non-hydrogen) atoms. The van der Waals surface area contributed by atoms with Crippen molar-refractivity contribution in [2.45, 2.75) is 0 Å². The number of Topliss-reactive ketones (excluding diaryl/α,β-unsaturated/α-hetero) is 2. The number of ketones is 2. The lowest BCUT2D eigenvalue weighted by Gasteiger charge is -2.13. The predicted octanol–water partition coefficient (Wildman–Crippen LogP) is 2.89. The molecular formula is C16H7BrNO5-. The van der Waals surface area contributed by atoms with Crippen LogP contribution in [0.1, 0.15) is 26.3 Å². The number of nitro benzene ring substituents is 1. The van der Waals surface area contributed by atoms with Crippen LogP contribution in [0, 0.1) is 10.1 Å². The van der Waals surface area contributed by atoms with Crippen LogP contribution in [0.25, 0.3) is 6.08 Å². The molecule has 0 amide bonds. The Hall–Kier alpha value is -2.80. The molecule has 0 N–H and O–H groups in total. The summed E-state index contributed by atoms with van der Waals surface area (Å²) in [7, 11) is 0. The van der Waals surface area contributed by atoms with E-state index in [1.54, 1.807) is 12.1 Å². The topological polar surface area (TPSA) is 100 Å². The van der Waals surface area contributed by atoms with Gasteiger partial charge in [-0.1, -0.05) is 45.9 Å². The van der Waals surface area contributed by atoms with Gasteiger partial charge in [0.2, 0.25) is 0 Å². The molecule has 0 heterocycles. The SMILES string of the molecule is O=C1C(=Cc2cc([N+](=O)[O-])cc(Br)c2[O-])C(=O)c2ccccc21. The van der Waals surface area contributed by atoms with Crippen molar-refractivity contribution in [1.82, 2.24) is 0 Å². The van der Waals surface area contributed by atoms with Gasteiger partial charge in [-0.25, -0.2) is 0 Å². The van der Waals surface area contributed by atoms with Gasteiger partial charge in [0.15, 0.2) is 11.6 Å². The number of halogens is 1. The molecule has 0 radical (unpaired) electrons. The van der Waals surface area contributed by atoms with Crippen LogP contribution in [0.2, 0.25) is 0 Å². The second-order valence-corrected chi connectivity index (χ2v) is 5.72. The van der Waals surface area contributed by atoms with Crippen molar-refractivity contribution in [2.75, 3.05) is 0 Å². The van der Waals surface area contributed by atoms with E-state index >= 15 is 0 Å². The van der Waals surface area contributed by atoms with Gasteiger partial charge in [-0.2, -0.15) is 0 Å². The summed E-state index contributed by atoms with van der Waals surface area (Å²) in [6, 6.07) is 8.45. The summed E-state index contributed by atoms with van der Waals surface area (Å²) in [4.78, 5) is 34.8. The molecule has 1 aliphatic rings. The highest BCUT2D eigenvalue weighted by Gasteiger charge is 2.32. The molecule has 0 unspecified atom stereocenters. The van der Waals surface area contributed by atoms with Crippen LogP contribution in [0.15, 0.2) is 46.4 Å². The summed E-state index contributed by atoms with van der Waals surface area (Å²) in [5.74, 6) is -1.51. The number of allylic oxidation sites excluding steroid dienone is 1. The van der Waals surface area contributed by atoms with Crippen LogP contribution in [0.4, 0.5) is 5.69 Å². The molecule has 0 fully saturated rings. The Bertz CT molecular complexity index is 880. The average Bonchev–Trinajstić information content (AvgIpc) is 2.76. The van der Waals surface area contributed by atoms with Crippen molar-refractivity contribution in [2.24, 2.45) is 0 Å². The number of hydrogen-bond acceptors (Lipinski definition) is 5. The number of benzene rings is 2. The molecule has 0 saturated carbocycles. The Morgan fingerprint density at radius 3 is 2.13 bits per heavy atom. The van der Waals surface area contributed by atoms with Crippen molar-refractivity contribution in [3.63, 3.8) is 0 Å². The van der Waals surface area contributed by atoms with E-state index in [-0.39, 0.29) is 32.4 Å². The molecule has 2 aromatic rings. The van der Waals surface area contributed by atoms with Crippen LogP contribution >= 0.6 is 15.9 Å². The first-order valence-corrected chi connectivity index (χ1v) is 7.24. The maximum absolute atomic E-state index is 12.3. The first-order valence-electron chi connectivity index (χ1n) is 6.45. The van der Waals surface area contributed by atoms with Crippen LogP contribution in [0.3, 0.4) is 0 Å². The highest BCUT2D eigenvalue weighted by Crippen LogP contribution is 2.34. The summed E-state index contributed by atoms with van der Waals surface area (Å²) in [6.07, 6.45) is 1.12. The molecule has 1 aliphatic carbocycles. The van der Waals surface area contributed by atoms with E-state index in [0.29, 0.717) is 0 Å². The van der Waals surface area contributed by atoms with Gasteiger partial charge in [-0.3, -0.25) is 19.7 Å². The molecule has 3 rings (SSSR count). The zero-order valence-electron chi connectivity index (χ0n) is 11.4. The van der Waals surface area contributed by atoms with E-state index in [1.807, 2.05) is 0 Å². The molecule has 0 aromatic heterocycles. The Morgan fingerprint density at radius 1 is 1.04 bits per heavy atom. The third-order valence-corrected chi connectivity index (χ3v) is 4.06. The van der Waals surface area contributed by atoms with E-state index in [0.717, 1.165) is 18.2 Å². The standard InChI is InChI=1S/C16H8BrNO5/c17-13-7-9(18(22)23)5-8(14(13)19)6-12-15(20)10-3-1-2-4-11(10)16(12)21/h1-7,19H/p-1. The summed E-state index contributed by atoms with van der Waals surface area (Å²) in [6.45, 7) is 0. The van der Waals surface area contributed by atoms with Gasteiger partial charge in [0.05, 0.1) is 10.5 Å². The van der Waals surface area contributed by atoms with E-state index in [2.05, 4.69) is 15.9 Å². The maximum Gasteiger partial charge on any atom is 0.271 e. The first kappa shape index (κ1) is 15.1. The number of carbonyl (C=O) groups excluding carboxylic acids is 2. The third-order valence-electron chi connectivity index (χ3n) is 3.47. The van der Waals surface area contributed by atoms with Gasteiger partial charge >= 0.3 is 0 Å². The second kappa shape index (κ2) is 5.44. The molecule has 0 saturated heterocycles. The number of carbonyl (C=O) groups is 2. The highest BCUT2D eigenvalue weighted by atomic mass is 79.9. The number of hydrogen-bond donors (Lipinski definition) is 0. The van der Waals surface area contributed by atoms with Crippen LogP contribution in [0.5, 0.6) is 5.75 Å². The first-order chi connectivity index (χ1) is 10.9. The lowest BCUT2D eigenvalue weighted by Crippen LogP contribution is -2.03. The monoisotopic (exact) mass is 372 g/mol. The molecule has 0 spiro atoms. The van der Waals surface area contributed by atoms with Gasteiger partial charge in [0.25, 0.3) is 5.69 Å². The quantitative estimate of drug-likeness (QED) is 0.349. The zero-order chi connectivity index (χ0) is 16.7.